The number of carbonyl (C=O) groups is 1. The molecule has 0 atom stereocenters. The number of para-hydroxylation sites is 1. The maximum atomic E-state index is 11.8. The molecule has 1 heterocycles. The van der Waals surface area contributed by atoms with Crippen LogP contribution in [0.1, 0.15) is 22.8 Å². The Kier molecular flexibility index (Phi) is 6.42. The molecule has 0 saturated carbocycles. The highest BCUT2D eigenvalue weighted by atomic mass is 35.5. The van der Waals surface area contributed by atoms with E-state index in [9.17, 15) is 9.90 Å². The summed E-state index contributed by atoms with van der Waals surface area (Å²) in [4.78, 5) is 17.1. The Morgan fingerprint density at radius 1 is 1.03 bits per heavy atom. The van der Waals surface area contributed by atoms with Gasteiger partial charge in [0.05, 0.1) is 12.1 Å². The zero-order chi connectivity index (χ0) is 22.5. The molecule has 0 bridgehead atoms. The fourth-order valence-electron chi connectivity index (χ4n) is 3.41. The van der Waals surface area contributed by atoms with Gasteiger partial charge >= 0.3 is 5.97 Å². The summed E-state index contributed by atoms with van der Waals surface area (Å²) in [7, 11) is 0. The van der Waals surface area contributed by atoms with Crippen molar-refractivity contribution in [3.8, 4) is 11.5 Å². The van der Waals surface area contributed by atoms with Crippen LogP contribution in [0, 0.1) is 0 Å². The maximum Gasteiger partial charge on any atom is 0.337 e. The van der Waals surface area contributed by atoms with Crippen LogP contribution in [-0.4, -0.2) is 28.0 Å². The Morgan fingerprint density at radius 3 is 2.56 bits per heavy atom. The Balaban J connectivity index is 1.70. The molecule has 0 saturated heterocycles. The molecule has 1 N–H and O–H groups in total. The van der Waals surface area contributed by atoms with Crippen LogP contribution in [0.2, 0.25) is 5.02 Å². The normalized spacial score (nSPS) is 11.5. The number of hydrogen-bond acceptors (Lipinski definition) is 4. The van der Waals surface area contributed by atoms with E-state index >= 15 is 0 Å². The van der Waals surface area contributed by atoms with Crippen LogP contribution in [0.5, 0.6) is 11.5 Å². The number of aromatic nitrogens is 1. The van der Waals surface area contributed by atoms with Gasteiger partial charge in [0.2, 0.25) is 0 Å². The van der Waals surface area contributed by atoms with Crippen molar-refractivity contribution in [2.45, 2.75) is 13.5 Å². The lowest BCUT2D eigenvalue weighted by Crippen LogP contribution is -2.12. The number of halogens is 1. The van der Waals surface area contributed by atoms with Crippen molar-refractivity contribution in [2.24, 2.45) is 5.16 Å². The van der Waals surface area contributed by atoms with Crippen molar-refractivity contribution < 1.29 is 19.5 Å². The van der Waals surface area contributed by atoms with E-state index in [2.05, 4.69) is 5.16 Å². The van der Waals surface area contributed by atoms with E-state index in [1.165, 1.54) is 0 Å². The van der Waals surface area contributed by atoms with Crippen LogP contribution in [0.15, 0.2) is 84.1 Å². The van der Waals surface area contributed by atoms with Gasteiger partial charge < -0.3 is 19.2 Å². The van der Waals surface area contributed by atoms with Crippen molar-refractivity contribution in [1.82, 2.24) is 4.57 Å². The molecule has 4 aromatic rings. The van der Waals surface area contributed by atoms with E-state index in [1.807, 2.05) is 66.1 Å². The number of carboxylic acids is 1. The molecule has 0 amide bonds. The SMILES string of the molecule is CCO/N=C(\Cn1cc(C(=O)O)c2cc(Cl)ccc21)c1cccc(Oc2ccccc2)c1. The zero-order valence-corrected chi connectivity index (χ0v) is 18.1. The van der Waals surface area contributed by atoms with E-state index in [4.69, 9.17) is 21.2 Å². The van der Waals surface area contributed by atoms with E-state index in [-0.39, 0.29) is 5.56 Å². The second-order valence-electron chi connectivity index (χ2n) is 7.04. The third-order valence-corrected chi connectivity index (χ3v) is 5.08. The number of aromatic carboxylic acids is 1. The Labute approximate surface area is 190 Å². The van der Waals surface area contributed by atoms with Gasteiger partial charge in [0.25, 0.3) is 0 Å². The predicted molar refractivity (Wildman–Crippen MR) is 125 cm³/mol. The highest BCUT2D eigenvalue weighted by molar-refractivity contribution is 6.31. The molecule has 32 heavy (non-hydrogen) atoms. The third kappa shape index (κ3) is 4.76. The third-order valence-electron chi connectivity index (χ3n) is 4.84. The molecule has 4 rings (SSSR count). The fourth-order valence-corrected chi connectivity index (χ4v) is 3.58. The van der Waals surface area contributed by atoms with E-state index in [0.29, 0.717) is 35.0 Å². The molecule has 1 aromatic heterocycles. The summed E-state index contributed by atoms with van der Waals surface area (Å²) in [6, 6.07) is 22.2. The van der Waals surface area contributed by atoms with E-state index in [1.54, 1.807) is 24.4 Å². The van der Waals surface area contributed by atoms with Gasteiger partial charge in [-0.1, -0.05) is 47.1 Å². The topological polar surface area (TPSA) is 73.1 Å². The van der Waals surface area contributed by atoms with Crippen LogP contribution in [0.3, 0.4) is 0 Å². The van der Waals surface area contributed by atoms with Gasteiger partial charge in [-0.05, 0) is 49.4 Å². The summed E-state index contributed by atoms with van der Waals surface area (Å²) < 4.78 is 7.78. The van der Waals surface area contributed by atoms with Crippen LogP contribution in [0.4, 0.5) is 0 Å². The summed E-state index contributed by atoms with van der Waals surface area (Å²) in [5.41, 5.74) is 2.36. The average molecular weight is 449 g/mol. The van der Waals surface area contributed by atoms with Gasteiger partial charge in [-0.2, -0.15) is 0 Å². The summed E-state index contributed by atoms with van der Waals surface area (Å²) in [6.45, 7) is 2.57. The van der Waals surface area contributed by atoms with Gasteiger partial charge in [-0.25, -0.2) is 4.79 Å². The van der Waals surface area contributed by atoms with Gasteiger partial charge in [-0.3, -0.25) is 0 Å². The Bertz CT molecular complexity index is 1280. The summed E-state index contributed by atoms with van der Waals surface area (Å²) in [6.07, 6.45) is 1.59. The second kappa shape index (κ2) is 9.58. The van der Waals surface area contributed by atoms with Crippen LogP contribution >= 0.6 is 11.6 Å². The molecule has 0 aliphatic carbocycles. The highest BCUT2D eigenvalue weighted by Crippen LogP contribution is 2.27. The van der Waals surface area contributed by atoms with Crippen LogP contribution in [-0.2, 0) is 11.4 Å². The number of carboxylic acid groups (broad SMARTS) is 1. The van der Waals surface area contributed by atoms with Crippen LogP contribution in [0.25, 0.3) is 10.9 Å². The first kappa shape index (κ1) is 21.5. The molecule has 0 radical (unpaired) electrons. The standard InChI is InChI=1S/C25H21ClN2O4/c1-2-31-27-23(17-7-6-10-20(13-17)32-19-8-4-3-5-9-19)16-28-15-22(25(29)30)21-14-18(26)11-12-24(21)28/h3-15H,2,16H2,1H3,(H,29,30)/b27-23+. The molecular weight excluding hydrogens is 428 g/mol. The Hall–Kier alpha value is -3.77. The van der Waals surface area contributed by atoms with Crippen molar-refractivity contribution in [2.75, 3.05) is 6.61 Å². The molecule has 0 fully saturated rings. The van der Waals surface area contributed by atoms with Gasteiger partial charge in [-0.15, -0.1) is 0 Å². The molecule has 0 spiro atoms. The molecule has 6 nitrogen and oxygen atoms in total. The number of rotatable bonds is 8. The smallest absolute Gasteiger partial charge is 0.337 e. The number of benzene rings is 3. The van der Waals surface area contributed by atoms with Crippen molar-refractivity contribution >= 4 is 34.2 Å². The molecule has 0 unspecified atom stereocenters. The lowest BCUT2D eigenvalue weighted by atomic mass is 10.1. The van der Waals surface area contributed by atoms with Crippen molar-refractivity contribution in [1.29, 1.82) is 0 Å². The minimum atomic E-state index is -1.02. The quantitative estimate of drug-likeness (QED) is 0.256. The number of ether oxygens (including phenoxy) is 1. The predicted octanol–water partition coefficient (Wildman–Crippen LogP) is 6.23. The monoisotopic (exact) mass is 448 g/mol. The maximum absolute atomic E-state index is 11.8. The van der Waals surface area contributed by atoms with E-state index < -0.39 is 5.97 Å². The number of nitrogens with zero attached hydrogens (tertiary/aromatic N) is 2. The average Bonchev–Trinajstić information content (AvgIpc) is 3.15. The zero-order valence-electron chi connectivity index (χ0n) is 17.4. The number of hydrogen-bond donors (Lipinski definition) is 1. The van der Waals surface area contributed by atoms with Crippen molar-refractivity contribution in [3.05, 3.63) is 95.1 Å². The van der Waals surface area contributed by atoms with E-state index in [0.717, 1.165) is 16.8 Å². The molecule has 7 heteroatoms. The molecule has 0 aliphatic heterocycles. The fraction of sp³-hybridized carbons (Fsp3) is 0.120. The Morgan fingerprint density at radius 2 is 1.81 bits per heavy atom. The molecular formula is C25H21ClN2O4. The second-order valence-corrected chi connectivity index (χ2v) is 7.47. The van der Waals surface area contributed by atoms with Crippen LogP contribution < -0.4 is 4.74 Å². The first-order valence-corrected chi connectivity index (χ1v) is 10.5. The number of fused-ring (bicyclic) bond motifs is 1. The highest BCUT2D eigenvalue weighted by Gasteiger charge is 2.17. The summed E-state index contributed by atoms with van der Waals surface area (Å²) >= 11 is 6.10. The minimum Gasteiger partial charge on any atom is -0.478 e. The lowest BCUT2D eigenvalue weighted by molar-refractivity contribution is 0.0699. The van der Waals surface area contributed by atoms with Crippen molar-refractivity contribution in [3.63, 3.8) is 0 Å². The molecule has 162 valence electrons. The molecule has 3 aromatic carbocycles. The molecule has 0 aliphatic rings. The summed E-state index contributed by atoms with van der Waals surface area (Å²) in [5, 5.41) is 15.0. The first-order valence-electron chi connectivity index (χ1n) is 10.1. The van der Waals surface area contributed by atoms with Gasteiger partial charge in [0, 0.05) is 27.7 Å². The number of oxime groups is 1. The minimum absolute atomic E-state index is 0.180. The summed E-state index contributed by atoms with van der Waals surface area (Å²) in [5.74, 6) is 0.373. The first-order chi connectivity index (χ1) is 15.5. The van der Waals surface area contributed by atoms with Gasteiger partial charge in [0.15, 0.2) is 0 Å². The largest absolute Gasteiger partial charge is 0.478 e. The lowest BCUT2D eigenvalue weighted by Gasteiger charge is -2.11. The van der Waals surface area contributed by atoms with Gasteiger partial charge in [0.1, 0.15) is 23.8 Å².